The Morgan fingerprint density at radius 3 is 2.50 bits per heavy atom. The van der Waals surface area contributed by atoms with Crippen LogP contribution in [0.5, 0.6) is 0 Å². The van der Waals surface area contributed by atoms with Crippen LogP contribution in [-0.4, -0.2) is 30.3 Å². The van der Waals surface area contributed by atoms with Crippen molar-refractivity contribution < 1.29 is 5.11 Å². The van der Waals surface area contributed by atoms with Gasteiger partial charge in [-0.05, 0) is 13.3 Å². The summed E-state index contributed by atoms with van der Waals surface area (Å²) in [6, 6.07) is 0. The van der Waals surface area contributed by atoms with Gasteiger partial charge >= 0.3 is 0 Å². The van der Waals surface area contributed by atoms with E-state index in [1.54, 1.807) is 0 Å². The van der Waals surface area contributed by atoms with Crippen LogP contribution >= 0.6 is 0 Å². The van der Waals surface area contributed by atoms with Gasteiger partial charge in [-0.25, -0.2) is 0 Å². The first-order valence-electron chi connectivity index (χ1n) is 5.74. The Labute approximate surface area is 88.1 Å². The molecule has 0 heterocycles. The molecule has 0 aromatic heterocycles. The molecule has 0 aliphatic rings. The lowest BCUT2D eigenvalue weighted by molar-refractivity contribution is 0.251. The maximum absolute atomic E-state index is 8.73. The molecule has 0 radical (unpaired) electrons. The lowest BCUT2D eigenvalue weighted by atomic mass is 9.94. The van der Waals surface area contributed by atoms with Crippen LogP contribution in [0.1, 0.15) is 46.0 Å². The van der Waals surface area contributed by atoms with Crippen LogP contribution in [0.4, 0.5) is 0 Å². The molecule has 0 rings (SSSR count). The summed E-state index contributed by atoms with van der Waals surface area (Å²) in [4.78, 5) is 0. The zero-order valence-corrected chi connectivity index (χ0v) is 9.68. The molecule has 1 atom stereocenters. The Morgan fingerprint density at radius 2 is 2.00 bits per heavy atom. The zero-order valence-electron chi connectivity index (χ0n) is 9.68. The smallest absolute Gasteiger partial charge is 0.0556 e. The van der Waals surface area contributed by atoms with Gasteiger partial charge in [-0.15, -0.1) is 0 Å². The van der Waals surface area contributed by atoms with Crippen molar-refractivity contribution in [1.82, 2.24) is 5.32 Å². The third kappa shape index (κ3) is 6.35. The number of unbranched alkanes of at least 4 members (excludes halogenated alkanes) is 3. The van der Waals surface area contributed by atoms with Crippen LogP contribution < -0.4 is 11.1 Å². The summed E-state index contributed by atoms with van der Waals surface area (Å²) < 4.78 is 0. The second-order valence-corrected chi connectivity index (χ2v) is 4.23. The second-order valence-electron chi connectivity index (χ2n) is 4.23. The molecule has 3 heteroatoms. The van der Waals surface area contributed by atoms with Gasteiger partial charge in [0, 0.05) is 18.6 Å². The number of β-amino-alcohol motifs (C(OH)–C–C–N with tert-alkyl or cyclic N) is 1. The van der Waals surface area contributed by atoms with Crippen molar-refractivity contribution in [1.29, 1.82) is 0 Å². The topological polar surface area (TPSA) is 58.3 Å². The minimum absolute atomic E-state index is 0.0104. The van der Waals surface area contributed by atoms with E-state index in [-0.39, 0.29) is 12.1 Å². The fourth-order valence-corrected chi connectivity index (χ4v) is 1.56. The van der Waals surface area contributed by atoms with Crippen LogP contribution in [0.15, 0.2) is 0 Å². The highest BCUT2D eigenvalue weighted by molar-refractivity contribution is 4.83. The first-order chi connectivity index (χ1) is 6.68. The summed E-state index contributed by atoms with van der Waals surface area (Å²) >= 11 is 0. The number of aliphatic hydroxyl groups is 1. The third-order valence-corrected chi connectivity index (χ3v) is 2.70. The summed E-state index contributed by atoms with van der Waals surface area (Å²) in [6.07, 6.45) is 6.18. The Bertz CT molecular complexity index is 130. The molecule has 3 nitrogen and oxygen atoms in total. The molecule has 0 aromatic carbocycles. The number of aliphatic hydroxyl groups excluding tert-OH is 1. The van der Waals surface area contributed by atoms with Crippen molar-refractivity contribution >= 4 is 0 Å². The van der Waals surface area contributed by atoms with Crippen LogP contribution in [0.25, 0.3) is 0 Å². The lowest BCUT2D eigenvalue weighted by Crippen LogP contribution is -2.49. The summed E-state index contributed by atoms with van der Waals surface area (Å²) in [6.45, 7) is 5.81. The fourth-order valence-electron chi connectivity index (χ4n) is 1.56. The van der Waals surface area contributed by atoms with E-state index in [0.717, 1.165) is 6.42 Å². The van der Waals surface area contributed by atoms with E-state index in [1.807, 2.05) is 0 Å². The Kier molecular flexibility index (Phi) is 8.14. The predicted octanol–water partition coefficient (Wildman–Crippen LogP) is 1.26. The van der Waals surface area contributed by atoms with Crippen molar-refractivity contribution in [3.63, 3.8) is 0 Å². The molecule has 4 N–H and O–H groups in total. The van der Waals surface area contributed by atoms with E-state index in [1.165, 1.54) is 25.7 Å². The van der Waals surface area contributed by atoms with E-state index in [0.29, 0.717) is 13.1 Å². The normalized spacial score (nSPS) is 15.4. The van der Waals surface area contributed by atoms with Gasteiger partial charge in [0.2, 0.25) is 0 Å². The maximum Gasteiger partial charge on any atom is 0.0556 e. The summed E-state index contributed by atoms with van der Waals surface area (Å²) in [5.74, 6) is 0. The Balaban J connectivity index is 3.63. The Morgan fingerprint density at radius 1 is 1.29 bits per heavy atom. The average molecular weight is 202 g/mol. The number of hydrogen-bond acceptors (Lipinski definition) is 3. The molecular weight excluding hydrogens is 176 g/mol. The van der Waals surface area contributed by atoms with Gasteiger partial charge in [-0.2, -0.15) is 0 Å². The molecule has 0 amide bonds. The molecular formula is C11H26N2O. The van der Waals surface area contributed by atoms with Crippen LogP contribution in [0.3, 0.4) is 0 Å². The number of hydrogen-bond donors (Lipinski definition) is 3. The number of rotatable bonds is 9. The third-order valence-electron chi connectivity index (χ3n) is 2.70. The maximum atomic E-state index is 8.73. The SMILES string of the molecule is CCCCCCC(C)(CN)NCCO. The van der Waals surface area contributed by atoms with Crippen molar-refractivity contribution in [3.8, 4) is 0 Å². The number of nitrogens with one attached hydrogen (secondary N) is 1. The first-order valence-corrected chi connectivity index (χ1v) is 5.74. The second kappa shape index (κ2) is 8.21. The van der Waals surface area contributed by atoms with Gasteiger partial charge in [0.1, 0.15) is 0 Å². The average Bonchev–Trinajstić information content (AvgIpc) is 2.22. The molecule has 0 saturated heterocycles. The van der Waals surface area contributed by atoms with Crippen LogP contribution in [0.2, 0.25) is 0 Å². The summed E-state index contributed by atoms with van der Waals surface area (Å²) in [5.41, 5.74) is 5.73. The summed E-state index contributed by atoms with van der Waals surface area (Å²) in [5, 5.41) is 12.0. The first kappa shape index (κ1) is 13.9. The molecule has 14 heavy (non-hydrogen) atoms. The molecule has 0 aromatic rings. The molecule has 0 spiro atoms. The van der Waals surface area contributed by atoms with E-state index in [4.69, 9.17) is 10.8 Å². The monoisotopic (exact) mass is 202 g/mol. The fraction of sp³-hybridized carbons (Fsp3) is 1.00. The van der Waals surface area contributed by atoms with Gasteiger partial charge in [-0.1, -0.05) is 32.6 Å². The van der Waals surface area contributed by atoms with E-state index in [2.05, 4.69) is 19.2 Å². The molecule has 0 aliphatic heterocycles. The minimum Gasteiger partial charge on any atom is -0.395 e. The number of nitrogens with two attached hydrogens (primary N) is 1. The molecule has 1 unspecified atom stereocenters. The lowest BCUT2D eigenvalue weighted by Gasteiger charge is -2.29. The van der Waals surface area contributed by atoms with E-state index in [9.17, 15) is 0 Å². The van der Waals surface area contributed by atoms with Crippen LogP contribution in [0, 0.1) is 0 Å². The molecule has 0 fully saturated rings. The summed E-state index contributed by atoms with van der Waals surface area (Å²) in [7, 11) is 0. The van der Waals surface area contributed by atoms with Crippen molar-refractivity contribution in [3.05, 3.63) is 0 Å². The quantitative estimate of drug-likeness (QED) is 0.493. The molecule has 86 valence electrons. The molecule has 0 aliphatic carbocycles. The van der Waals surface area contributed by atoms with E-state index < -0.39 is 0 Å². The van der Waals surface area contributed by atoms with Crippen molar-refractivity contribution in [2.45, 2.75) is 51.5 Å². The highest BCUT2D eigenvalue weighted by Gasteiger charge is 2.20. The van der Waals surface area contributed by atoms with Gasteiger partial charge in [0.15, 0.2) is 0 Å². The Hall–Kier alpha value is -0.120. The highest BCUT2D eigenvalue weighted by Crippen LogP contribution is 2.13. The highest BCUT2D eigenvalue weighted by atomic mass is 16.3. The molecule has 0 saturated carbocycles. The standard InChI is InChI=1S/C11H26N2O/c1-3-4-5-6-7-11(2,10-12)13-8-9-14/h13-14H,3-10,12H2,1-2H3. The van der Waals surface area contributed by atoms with Crippen molar-refractivity contribution in [2.75, 3.05) is 19.7 Å². The van der Waals surface area contributed by atoms with Crippen LogP contribution in [-0.2, 0) is 0 Å². The van der Waals surface area contributed by atoms with E-state index >= 15 is 0 Å². The zero-order chi connectivity index (χ0) is 10.9. The predicted molar refractivity (Wildman–Crippen MR) is 61.3 cm³/mol. The molecule has 0 bridgehead atoms. The van der Waals surface area contributed by atoms with Gasteiger partial charge in [-0.3, -0.25) is 0 Å². The van der Waals surface area contributed by atoms with Gasteiger partial charge in [0.25, 0.3) is 0 Å². The van der Waals surface area contributed by atoms with Gasteiger partial charge in [0.05, 0.1) is 6.61 Å². The van der Waals surface area contributed by atoms with Crippen molar-refractivity contribution in [2.24, 2.45) is 5.73 Å². The minimum atomic E-state index is 0.0104. The van der Waals surface area contributed by atoms with Gasteiger partial charge < -0.3 is 16.2 Å². The largest absolute Gasteiger partial charge is 0.395 e.